The van der Waals surface area contributed by atoms with Crippen LogP contribution in [0, 0.1) is 0 Å². The van der Waals surface area contributed by atoms with Crippen molar-refractivity contribution < 1.29 is 24.5 Å². The zero-order valence-electron chi connectivity index (χ0n) is 57.2. The summed E-state index contributed by atoms with van der Waals surface area (Å²) in [5.74, 6) is -0.0175. The van der Waals surface area contributed by atoms with Crippen LogP contribution in [-0.2, 0) is 14.3 Å². The smallest absolute Gasteiger partial charge is 0.305 e. The van der Waals surface area contributed by atoms with Crippen LogP contribution in [0.15, 0.2) is 24.3 Å². The Kier molecular flexibility index (Phi) is 72.3. The molecule has 3 N–H and O–H groups in total. The number of unbranched alkanes of at least 4 members (excludes halogenated alkanes) is 58. The molecule has 0 fully saturated rings. The maximum absolute atomic E-state index is 12.6. The van der Waals surface area contributed by atoms with Gasteiger partial charge in [-0.2, -0.15) is 0 Å². The molecule has 0 heterocycles. The van der Waals surface area contributed by atoms with Gasteiger partial charge in [0.05, 0.1) is 25.4 Å². The average molecular weight is 1180 g/mol. The highest BCUT2D eigenvalue weighted by Crippen LogP contribution is 2.20. The summed E-state index contributed by atoms with van der Waals surface area (Å²) < 4.78 is 5.49. The van der Waals surface area contributed by atoms with Crippen LogP contribution in [0.1, 0.15) is 438 Å². The molecule has 0 aromatic carbocycles. The van der Waals surface area contributed by atoms with E-state index in [1.54, 1.807) is 0 Å². The van der Waals surface area contributed by atoms with Crippen LogP contribution >= 0.6 is 0 Å². The highest BCUT2D eigenvalue weighted by molar-refractivity contribution is 5.76. The maximum atomic E-state index is 12.6. The fraction of sp³-hybridized carbons (Fsp3) is 0.923. The van der Waals surface area contributed by atoms with Gasteiger partial charge in [-0.25, -0.2) is 0 Å². The van der Waals surface area contributed by atoms with Crippen LogP contribution in [0.3, 0.4) is 0 Å². The zero-order valence-corrected chi connectivity index (χ0v) is 57.2. The molecule has 6 heteroatoms. The van der Waals surface area contributed by atoms with E-state index in [0.29, 0.717) is 25.9 Å². The van der Waals surface area contributed by atoms with Crippen molar-refractivity contribution in [3.8, 4) is 0 Å². The standard InChI is InChI=1S/C78H151NO5/c1-3-5-7-9-11-13-15-17-19-20-21-36-39-43-46-50-54-58-62-66-70-76(81)75(74-80)79-77(82)71-67-63-59-55-51-47-44-40-37-34-32-30-28-26-24-22-23-25-27-29-31-33-35-38-41-45-49-53-57-61-65-69-73-84-78(83)72-68-64-60-56-52-48-42-18-16-14-12-10-8-6-4-2/h12,14,18,42,75-76,80-81H,3-11,13,15-17,19-41,43-74H2,1-2H3,(H,79,82)/b14-12-,42-18-. The lowest BCUT2D eigenvalue weighted by atomic mass is 10.0. The number of amides is 1. The molecular formula is C78H151NO5. The number of hydrogen-bond donors (Lipinski definition) is 3. The predicted octanol–water partition coefficient (Wildman–Crippen LogP) is 25.3. The van der Waals surface area contributed by atoms with E-state index in [0.717, 1.165) is 51.4 Å². The third-order valence-corrected chi connectivity index (χ3v) is 18.3. The first kappa shape index (κ1) is 82.3. The summed E-state index contributed by atoms with van der Waals surface area (Å²) in [5.41, 5.74) is 0. The molecule has 0 spiro atoms. The van der Waals surface area contributed by atoms with Crippen molar-refractivity contribution in [3.05, 3.63) is 24.3 Å². The SMILES string of the molecule is CCCCC/C=C\C/C=C\CCCCCCCC(=O)OCCCCCCCCCCCCCCCCCCCCCCCCCCCCCCCCCCC(=O)NC(CO)C(O)CCCCCCCCCCCCCCCCCCCCCC. The average Bonchev–Trinajstić information content (AvgIpc) is 3.51. The van der Waals surface area contributed by atoms with Gasteiger partial charge in [0.1, 0.15) is 0 Å². The van der Waals surface area contributed by atoms with Gasteiger partial charge in [0.25, 0.3) is 0 Å². The van der Waals surface area contributed by atoms with Gasteiger partial charge in [-0.1, -0.05) is 391 Å². The maximum Gasteiger partial charge on any atom is 0.305 e. The van der Waals surface area contributed by atoms with Crippen molar-refractivity contribution in [3.63, 3.8) is 0 Å². The van der Waals surface area contributed by atoms with E-state index in [1.165, 1.54) is 353 Å². The van der Waals surface area contributed by atoms with E-state index < -0.39 is 12.1 Å². The monoisotopic (exact) mass is 1180 g/mol. The van der Waals surface area contributed by atoms with Crippen molar-refractivity contribution in [1.29, 1.82) is 0 Å². The van der Waals surface area contributed by atoms with Gasteiger partial charge in [-0.15, -0.1) is 0 Å². The van der Waals surface area contributed by atoms with Gasteiger partial charge in [0, 0.05) is 12.8 Å². The molecule has 0 radical (unpaired) electrons. The van der Waals surface area contributed by atoms with E-state index in [1.807, 2.05) is 0 Å². The molecule has 0 saturated carbocycles. The molecule has 0 rings (SSSR count). The van der Waals surface area contributed by atoms with Crippen molar-refractivity contribution in [2.75, 3.05) is 13.2 Å². The number of rotatable bonds is 73. The Balaban J connectivity index is 3.33. The normalized spacial score (nSPS) is 12.6. The summed E-state index contributed by atoms with van der Waals surface area (Å²) in [7, 11) is 0. The molecule has 0 saturated heterocycles. The Morgan fingerprint density at radius 3 is 0.929 bits per heavy atom. The molecule has 2 unspecified atom stereocenters. The van der Waals surface area contributed by atoms with Crippen LogP contribution in [0.4, 0.5) is 0 Å². The Hall–Kier alpha value is -1.66. The lowest BCUT2D eigenvalue weighted by Gasteiger charge is -2.22. The Morgan fingerprint density at radius 1 is 0.333 bits per heavy atom. The van der Waals surface area contributed by atoms with Crippen molar-refractivity contribution in [1.82, 2.24) is 5.32 Å². The number of aliphatic hydroxyl groups excluding tert-OH is 2. The van der Waals surface area contributed by atoms with Gasteiger partial charge in [0.15, 0.2) is 0 Å². The van der Waals surface area contributed by atoms with Crippen LogP contribution in [0.25, 0.3) is 0 Å². The Bertz CT molecular complexity index is 1320. The van der Waals surface area contributed by atoms with Crippen molar-refractivity contribution in [2.24, 2.45) is 0 Å². The van der Waals surface area contributed by atoms with Gasteiger partial charge in [-0.05, 0) is 57.8 Å². The van der Waals surface area contributed by atoms with Gasteiger partial charge < -0.3 is 20.3 Å². The molecular weight excluding hydrogens is 1030 g/mol. The quantitative estimate of drug-likeness (QED) is 0.0320. The van der Waals surface area contributed by atoms with Crippen LogP contribution < -0.4 is 5.32 Å². The first-order valence-corrected chi connectivity index (χ1v) is 38.6. The van der Waals surface area contributed by atoms with Crippen LogP contribution in [0.5, 0.6) is 0 Å². The van der Waals surface area contributed by atoms with Crippen molar-refractivity contribution >= 4 is 11.9 Å². The highest BCUT2D eigenvalue weighted by atomic mass is 16.5. The summed E-state index contributed by atoms with van der Waals surface area (Å²) in [6.45, 7) is 4.97. The second-order valence-electron chi connectivity index (χ2n) is 26.7. The summed E-state index contributed by atoms with van der Waals surface area (Å²) in [5, 5.41) is 23.4. The molecule has 1 amide bonds. The Morgan fingerprint density at radius 2 is 0.595 bits per heavy atom. The second-order valence-corrected chi connectivity index (χ2v) is 26.7. The molecule has 84 heavy (non-hydrogen) atoms. The lowest BCUT2D eigenvalue weighted by Crippen LogP contribution is -2.45. The molecule has 2 atom stereocenters. The summed E-state index contributed by atoms with van der Waals surface area (Å²) in [6.07, 6.45) is 94.0. The third kappa shape index (κ3) is 69.4. The molecule has 6 nitrogen and oxygen atoms in total. The Labute approximate surface area is 526 Å². The van der Waals surface area contributed by atoms with Gasteiger partial charge in [-0.3, -0.25) is 9.59 Å². The lowest BCUT2D eigenvalue weighted by molar-refractivity contribution is -0.143. The molecule has 0 bridgehead atoms. The van der Waals surface area contributed by atoms with Crippen LogP contribution in [0.2, 0.25) is 0 Å². The topological polar surface area (TPSA) is 95.9 Å². The molecule has 0 aromatic rings. The number of aliphatic hydroxyl groups is 2. The number of esters is 1. The molecule has 0 aliphatic rings. The fourth-order valence-electron chi connectivity index (χ4n) is 12.4. The summed E-state index contributed by atoms with van der Waals surface area (Å²) >= 11 is 0. The molecule has 0 aromatic heterocycles. The zero-order chi connectivity index (χ0) is 60.6. The number of nitrogens with one attached hydrogen (secondary N) is 1. The van der Waals surface area contributed by atoms with E-state index in [2.05, 4.69) is 43.5 Å². The first-order valence-electron chi connectivity index (χ1n) is 38.6. The highest BCUT2D eigenvalue weighted by Gasteiger charge is 2.20. The number of ether oxygens (including phenoxy) is 1. The van der Waals surface area contributed by atoms with Crippen LogP contribution in [-0.4, -0.2) is 47.4 Å². The summed E-state index contributed by atoms with van der Waals surface area (Å²) in [6, 6.07) is -0.539. The molecule has 498 valence electrons. The van der Waals surface area contributed by atoms with E-state index >= 15 is 0 Å². The van der Waals surface area contributed by atoms with Gasteiger partial charge in [0.2, 0.25) is 5.91 Å². The van der Waals surface area contributed by atoms with E-state index in [-0.39, 0.29) is 18.5 Å². The number of hydrogen-bond acceptors (Lipinski definition) is 5. The largest absolute Gasteiger partial charge is 0.466 e. The second kappa shape index (κ2) is 73.8. The number of allylic oxidation sites excluding steroid dienone is 4. The number of carbonyl (C=O) groups is 2. The fourth-order valence-corrected chi connectivity index (χ4v) is 12.4. The third-order valence-electron chi connectivity index (χ3n) is 18.3. The van der Waals surface area contributed by atoms with E-state index in [4.69, 9.17) is 4.74 Å². The minimum Gasteiger partial charge on any atom is -0.466 e. The predicted molar refractivity (Wildman–Crippen MR) is 370 cm³/mol. The summed E-state index contributed by atoms with van der Waals surface area (Å²) in [4.78, 5) is 24.6. The number of carbonyl (C=O) groups excluding carboxylic acids is 2. The molecule has 0 aliphatic carbocycles. The van der Waals surface area contributed by atoms with Gasteiger partial charge >= 0.3 is 5.97 Å². The minimum absolute atomic E-state index is 0.00802. The first-order chi connectivity index (χ1) is 41.5. The van der Waals surface area contributed by atoms with E-state index in [9.17, 15) is 19.8 Å². The minimum atomic E-state index is -0.662. The molecule has 0 aliphatic heterocycles. The van der Waals surface area contributed by atoms with Crippen molar-refractivity contribution in [2.45, 2.75) is 450 Å².